The molecule has 8 heteroatoms. The minimum Gasteiger partial charge on any atom is -0.620 e. The highest BCUT2D eigenvalue weighted by Gasteiger charge is 2.49. The van der Waals surface area contributed by atoms with Crippen LogP contribution in [0.3, 0.4) is 0 Å². The number of hydrogen-bond acceptors (Lipinski definition) is 7. The molecule has 0 amide bonds. The summed E-state index contributed by atoms with van der Waals surface area (Å²) in [7, 11) is -2.43. The Morgan fingerprint density at radius 3 is 2.74 bits per heavy atom. The van der Waals surface area contributed by atoms with Crippen molar-refractivity contribution in [2.75, 3.05) is 33.4 Å². The van der Waals surface area contributed by atoms with Crippen molar-refractivity contribution >= 4 is 13.7 Å². The van der Waals surface area contributed by atoms with Gasteiger partial charge in [-0.15, -0.1) is 0 Å². The van der Waals surface area contributed by atoms with Gasteiger partial charge in [0, 0.05) is 13.1 Å². The monoisotopic (exact) mass is 338 g/mol. The Morgan fingerprint density at radius 1 is 1.35 bits per heavy atom. The van der Waals surface area contributed by atoms with Gasteiger partial charge >= 0.3 is 7.94 Å². The van der Waals surface area contributed by atoms with Crippen LogP contribution in [0.15, 0.2) is 35.3 Å². The van der Waals surface area contributed by atoms with Crippen molar-refractivity contribution in [3.63, 3.8) is 0 Å². The predicted molar refractivity (Wildman–Crippen MR) is 83.6 cm³/mol. The summed E-state index contributed by atoms with van der Waals surface area (Å²) < 4.78 is 15.9. The number of nitrogens with zero attached hydrogens (tertiary/aromatic N) is 1. The van der Waals surface area contributed by atoms with Crippen LogP contribution in [0.25, 0.3) is 0 Å². The van der Waals surface area contributed by atoms with E-state index in [1.807, 2.05) is 5.01 Å². The van der Waals surface area contributed by atoms with Crippen molar-refractivity contribution in [1.29, 1.82) is 0 Å². The zero-order chi connectivity index (χ0) is 16.4. The standard InChI is InChI=1S/C15H19N2O5P/c1-11(16-17-7-9-21-10-8-17)15-14(18)12-5-3-4-6-13(12)22-23(15,19)20-2/h3-6,16H,7-10H2,1-2H3/b15-11-. The number of benzene rings is 1. The average Bonchev–Trinajstić information content (AvgIpc) is 2.56. The maximum absolute atomic E-state index is 13.0. The lowest BCUT2D eigenvalue weighted by Gasteiger charge is -2.34. The first-order chi connectivity index (χ1) is 11.0. The molecule has 0 saturated carbocycles. The number of Topliss-reactive ketones (excluding diaryl/α,β-unsaturated/α-hetero) is 1. The molecular formula is C15H19N2O5P. The molecule has 3 rings (SSSR count). The molecular weight excluding hydrogens is 319 g/mol. The summed E-state index contributed by atoms with van der Waals surface area (Å²) in [6.45, 7) is 4.25. The molecule has 124 valence electrons. The molecule has 1 aromatic rings. The summed E-state index contributed by atoms with van der Waals surface area (Å²) >= 11 is 0. The van der Waals surface area contributed by atoms with E-state index in [0.717, 1.165) is 0 Å². The van der Waals surface area contributed by atoms with Gasteiger partial charge in [0.1, 0.15) is 0 Å². The van der Waals surface area contributed by atoms with Crippen LogP contribution >= 0.6 is 7.94 Å². The molecule has 1 N–H and O–H groups in total. The number of hydrogen-bond donors (Lipinski definition) is 1. The Bertz CT molecular complexity index is 645. The van der Waals surface area contributed by atoms with Gasteiger partial charge in [0.2, 0.25) is 11.1 Å². The van der Waals surface area contributed by atoms with E-state index in [1.54, 1.807) is 31.2 Å². The van der Waals surface area contributed by atoms with Crippen LogP contribution in [-0.2, 0) is 9.26 Å². The van der Waals surface area contributed by atoms with Crippen molar-refractivity contribution in [2.24, 2.45) is 0 Å². The van der Waals surface area contributed by atoms with Gasteiger partial charge in [-0.1, -0.05) is 12.1 Å². The number of hydrazine groups is 1. The zero-order valence-electron chi connectivity index (χ0n) is 13.1. The fourth-order valence-corrected chi connectivity index (χ4v) is 4.23. The van der Waals surface area contributed by atoms with Gasteiger partial charge in [-0.05, 0) is 19.1 Å². The van der Waals surface area contributed by atoms with E-state index in [0.29, 0.717) is 37.6 Å². The first kappa shape index (κ1) is 16.4. The van der Waals surface area contributed by atoms with E-state index in [4.69, 9.17) is 13.8 Å². The summed E-state index contributed by atoms with van der Waals surface area (Å²) in [4.78, 5) is 25.8. The Morgan fingerprint density at radius 2 is 2.04 bits per heavy atom. The number of morpholine rings is 1. The van der Waals surface area contributed by atoms with Crippen molar-refractivity contribution in [1.82, 2.24) is 10.4 Å². The fourth-order valence-electron chi connectivity index (χ4n) is 2.63. The van der Waals surface area contributed by atoms with Gasteiger partial charge in [0.25, 0.3) is 0 Å². The molecule has 0 bridgehead atoms. The summed E-state index contributed by atoms with van der Waals surface area (Å²) in [5.74, 6) is -0.0547. The van der Waals surface area contributed by atoms with E-state index in [1.165, 1.54) is 7.11 Å². The van der Waals surface area contributed by atoms with E-state index >= 15 is 0 Å². The van der Waals surface area contributed by atoms with Crippen LogP contribution in [0.1, 0.15) is 17.3 Å². The van der Waals surface area contributed by atoms with Gasteiger partial charge in [-0.3, -0.25) is 4.79 Å². The predicted octanol–water partition coefficient (Wildman–Crippen LogP) is 1.10. The third-order valence-corrected chi connectivity index (χ3v) is 5.78. The average molecular weight is 338 g/mol. The number of carbonyl (C=O) groups is 1. The molecule has 0 aromatic heterocycles. The number of ether oxygens (including phenoxy) is 1. The van der Waals surface area contributed by atoms with Gasteiger partial charge in [-0.25, -0.2) is 5.01 Å². The highest BCUT2D eigenvalue weighted by molar-refractivity contribution is 7.65. The lowest BCUT2D eigenvalue weighted by molar-refractivity contribution is -0.205. The van der Waals surface area contributed by atoms with Crippen molar-refractivity contribution in [3.8, 4) is 5.75 Å². The first-order valence-corrected chi connectivity index (χ1v) is 8.89. The number of carbonyl (C=O) groups excluding carboxylic acids is 1. The molecule has 7 nitrogen and oxygen atoms in total. The van der Waals surface area contributed by atoms with Crippen LogP contribution in [-0.4, -0.2) is 44.2 Å². The molecule has 1 fully saturated rings. The topological polar surface area (TPSA) is 83.1 Å². The molecule has 0 radical (unpaired) electrons. The fraction of sp³-hybridized carbons (Fsp3) is 0.400. The highest BCUT2D eigenvalue weighted by Crippen LogP contribution is 2.63. The first-order valence-electron chi connectivity index (χ1n) is 7.35. The molecule has 2 aliphatic heterocycles. The van der Waals surface area contributed by atoms with Crippen molar-refractivity contribution in [2.45, 2.75) is 6.92 Å². The second-order valence-corrected chi connectivity index (χ2v) is 7.27. The molecule has 2 heterocycles. The molecule has 2 aliphatic rings. The molecule has 1 saturated heterocycles. The molecule has 1 unspecified atom stereocenters. The van der Waals surface area contributed by atoms with E-state index in [-0.39, 0.29) is 16.8 Å². The Kier molecular flexibility index (Phi) is 4.66. The number of para-hydroxylation sites is 1. The highest BCUT2D eigenvalue weighted by atomic mass is 31.2. The zero-order valence-corrected chi connectivity index (χ0v) is 14.0. The van der Waals surface area contributed by atoms with Crippen molar-refractivity contribution in [3.05, 3.63) is 40.8 Å². The van der Waals surface area contributed by atoms with Crippen LogP contribution < -0.4 is 14.8 Å². The van der Waals surface area contributed by atoms with Gasteiger partial charge in [0.15, 0.2) is 5.75 Å². The van der Waals surface area contributed by atoms with E-state index < -0.39 is 7.94 Å². The maximum atomic E-state index is 13.0. The second-order valence-electron chi connectivity index (χ2n) is 5.28. The van der Waals surface area contributed by atoms with Gasteiger partial charge in [-0.2, -0.15) is 4.52 Å². The Hall–Kier alpha value is -1.50. The summed E-state index contributed by atoms with van der Waals surface area (Å²) in [5, 5.41) is 1.96. The molecule has 1 aromatic carbocycles. The normalized spacial score (nSPS) is 27.2. The van der Waals surface area contributed by atoms with Gasteiger partial charge in [0.05, 0.1) is 31.6 Å². The number of fused-ring (bicyclic) bond motifs is 1. The minimum atomic E-state index is -3.71. The maximum Gasteiger partial charge on any atom is 0.323 e. The number of rotatable bonds is 3. The minimum absolute atomic E-state index is 0.0465. The number of ketones is 1. The Balaban J connectivity index is 1.97. The second kappa shape index (κ2) is 6.55. The van der Waals surface area contributed by atoms with Gasteiger partial charge < -0.3 is 19.6 Å². The molecule has 23 heavy (non-hydrogen) atoms. The molecule has 0 spiro atoms. The number of allylic oxidation sites excluding steroid dienone is 2. The lowest BCUT2D eigenvalue weighted by atomic mass is 10.1. The largest absolute Gasteiger partial charge is 0.620 e. The lowest BCUT2D eigenvalue weighted by Crippen LogP contribution is -2.45. The van der Waals surface area contributed by atoms with Crippen LogP contribution in [0, 0.1) is 0 Å². The van der Waals surface area contributed by atoms with Crippen LogP contribution in [0.5, 0.6) is 5.75 Å². The van der Waals surface area contributed by atoms with Crippen LogP contribution in [0.2, 0.25) is 0 Å². The smallest absolute Gasteiger partial charge is 0.323 e. The van der Waals surface area contributed by atoms with E-state index in [9.17, 15) is 9.69 Å². The van der Waals surface area contributed by atoms with Crippen LogP contribution in [0.4, 0.5) is 0 Å². The Labute approximate surface area is 135 Å². The number of nitrogens with one attached hydrogen (secondary N) is 1. The summed E-state index contributed by atoms with van der Waals surface area (Å²) in [6.07, 6.45) is 0. The third kappa shape index (κ3) is 3.11. The molecule has 1 atom stereocenters. The third-order valence-electron chi connectivity index (χ3n) is 3.77. The quantitative estimate of drug-likeness (QED) is 0.653. The van der Waals surface area contributed by atoms with Crippen molar-refractivity contribution < 1.29 is 23.5 Å². The summed E-state index contributed by atoms with van der Waals surface area (Å²) in [5.41, 5.74) is 3.97. The molecule has 0 aliphatic carbocycles. The van der Waals surface area contributed by atoms with E-state index in [2.05, 4.69) is 5.43 Å². The SMILES string of the molecule is CO[P+]1([O-])Oc2ccccc2C(=O)/C1=C(\C)NN1CCOCC1. The summed E-state index contributed by atoms with van der Waals surface area (Å²) in [6, 6.07) is 6.73.